The first-order chi connectivity index (χ1) is 14.9. The van der Waals surface area contributed by atoms with Crippen molar-refractivity contribution >= 4 is 10.9 Å². The zero-order valence-corrected chi connectivity index (χ0v) is 18.0. The molecule has 4 aromatic rings. The van der Waals surface area contributed by atoms with Crippen LogP contribution in [0.4, 0.5) is 4.39 Å². The molecule has 0 atom stereocenters. The lowest BCUT2D eigenvalue weighted by Gasteiger charge is -2.18. The first-order valence-electron chi connectivity index (χ1n) is 10.4. The lowest BCUT2D eigenvalue weighted by Crippen LogP contribution is -2.15. The fraction of sp³-hybridized carbons (Fsp3) is 0.222. The summed E-state index contributed by atoms with van der Waals surface area (Å²) in [5.41, 5.74) is 4.51. The van der Waals surface area contributed by atoms with E-state index in [0.29, 0.717) is 13.0 Å². The number of fused-ring (bicyclic) bond motifs is 1. The minimum atomic E-state index is -0.540. The van der Waals surface area contributed by atoms with Gasteiger partial charge in [-0.15, -0.1) is 0 Å². The van der Waals surface area contributed by atoms with E-state index in [9.17, 15) is 9.65 Å². The van der Waals surface area contributed by atoms with Crippen LogP contribution in [0.3, 0.4) is 0 Å². The Kier molecular flexibility index (Phi) is 5.52. The average Bonchev–Trinajstić information content (AvgIpc) is 3.05. The maximum absolute atomic E-state index is 13.6. The number of halogens is 1. The zero-order valence-electron chi connectivity index (χ0n) is 18.0. The van der Waals surface area contributed by atoms with E-state index < -0.39 is 5.41 Å². The molecule has 3 nitrogen and oxygen atoms in total. The van der Waals surface area contributed by atoms with Crippen molar-refractivity contribution in [1.82, 2.24) is 4.57 Å². The molecule has 0 radical (unpaired) electrons. The second kappa shape index (κ2) is 8.28. The Hall–Kier alpha value is -3.58. The van der Waals surface area contributed by atoms with Crippen molar-refractivity contribution in [1.29, 1.82) is 5.26 Å². The van der Waals surface area contributed by atoms with Gasteiger partial charge in [0.15, 0.2) is 0 Å². The molecule has 31 heavy (non-hydrogen) atoms. The summed E-state index contributed by atoms with van der Waals surface area (Å²) in [5.74, 6) is 0.526. The van der Waals surface area contributed by atoms with Crippen LogP contribution in [0.5, 0.6) is 5.75 Å². The molecule has 3 aromatic carbocycles. The van der Waals surface area contributed by atoms with Gasteiger partial charge in [0.2, 0.25) is 0 Å². The van der Waals surface area contributed by atoms with Crippen LogP contribution in [0.25, 0.3) is 16.6 Å². The summed E-state index contributed by atoms with van der Waals surface area (Å²) in [6.45, 7) is 6.42. The minimum absolute atomic E-state index is 0.275. The SMILES string of the molecule is Cc1c(CC(C)(C)C#N)n(-c2ccc(F)cc2)c2cccc(OCc3ccccc3)c12. The zero-order chi connectivity index (χ0) is 22.0. The highest BCUT2D eigenvalue weighted by molar-refractivity contribution is 5.92. The largest absolute Gasteiger partial charge is 0.488 e. The number of hydrogen-bond acceptors (Lipinski definition) is 2. The van der Waals surface area contributed by atoms with Crippen LogP contribution in [0, 0.1) is 29.5 Å². The summed E-state index contributed by atoms with van der Waals surface area (Å²) in [6.07, 6.45) is 0.569. The molecular formula is C27H25FN2O. The van der Waals surface area contributed by atoms with Crippen molar-refractivity contribution in [3.8, 4) is 17.5 Å². The van der Waals surface area contributed by atoms with E-state index in [0.717, 1.165) is 39.2 Å². The van der Waals surface area contributed by atoms with Gasteiger partial charge in [-0.2, -0.15) is 5.26 Å². The highest BCUT2D eigenvalue weighted by Crippen LogP contribution is 2.38. The Balaban J connectivity index is 1.87. The van der Waals surface area contributed by atoms with Gasteiger partial charge >= 0.3 is 0 Å². The molecule has 0 aliphatic carbocycles. The van der Waals surface area contributed by atoms with Crippen LogP contribution in [0.15, 0.2) is 72.8 Å². The third kappa shape index (κ3) is 4.18. The summed E-state index contributed by atoms with van der Waals surface area (Å²) in [6, 6.07) is 24.9. The van der Waals surface area contributed by atoms with E-state index in [1.165, 1.54) is 12.1 Å². The predicted octanol–water partition coefficient (Wildman–Crippen LogP) is 6.75. The molecule has 0 spiro atoms. The van der Waals surface area contributed by atoms with Crippen molar-refractivity contribution in [2.24, 2.45) is 5.41 Å². The second-order valence-electron chi connectivity index (χ2n) is 8.48. The monoisotopic (exact) mass is 412 g/mol. The predicted molar refractivity (Wildman–Crippen MR) is 122 cm³/mol. The summed E-state index contributed by atoms with van der Waals surface area (Å²) in [7, 11) is 0. The summed E-state index contributed by atoms with van der Waals surface area (Å²) in [4.78, 5) is 0. The van der Waals surface area contributed by atoms with Gasteiger partial charge in [-0.05, 0) is 68.3 Å². The minimum Gasteiger partial charge on any atom is -0.488 e. The molecule has 0 aliphatic rings. The molecule has 156 valence electrons. The Labute approximate surface area is 182 Å². The molecule has 0 amide bonds. The van der Waals surface area contributed by atoms with Gasteiger partial charge in [0.25, 0.3) is 0 Å². The van der Waals surface area contributed by atoms with Gasteiger partial charge in [-0.1, -0.05) is 36.4 Å². The Bertz CT molecular complexity index is 1250. The average molecular weight is 413 g/mol. The first kappa shape index (κ1) is 20.7. The smallest absolute Gasteiger partial charge is 0.129 e. The molecule has 0 saturated carbocycles. The number of ether oxygens (including phenoxy) is 1. The van der Waals surface area contributed by atoms with E-state index in [1.54, 1.807) is 12.1 Å². The van der Waals surface area contributed by atoms with E-state index in [1.807, 2.05) is 62.4 Å². The van der Waals surface area contributed by atoms with Crippen molar-refractivity contribution in [3.63, 3.8) is 0 Å². The maximum Gasteiger partial charge on any atom is 0.129 e. The number of nitriles is 1. The molecular weight excluding hydrogens is 387 g/mol. The molecule has 1 aromatic heterocycles. The van der Waals surface area contributed by atoms with Gasteiger partial charge in [0, 0.05) is 23.2 Å². The molecule has 0 aliphatic heterocycles. The molecule has 0 fully saturated rings. The first-order valence-corrected chi connectivity index (χ1v) is 10.4. The number of rotatable bonds is 6. The number of hydrogen-bond donors (Lipinski definition) is 0. The fourth-order valence-corrected chi connectivity index (χ4v) is 3.95. The molecule has 4 rings (SSSR count). The molecule has 4 heteroatoms. The Morgan fingerprint density at radius 2 is 1.68 bits per heavy atom. The number of aryl methyl sites for hydroxylation is 1. The van der Waals surface area contributed by atoms with Crippen LogP contribution >= 0.6 is 0 Å². The fourth-order valence-electron chi connectivity index (χ4n) is 3.95. The molecule has 0 saturated heterocycles. The van der Waals surface area contributed by atoms with Crippen LogP contribution in [-0.2, 0) is 13.0 Å². The molecule has 0 bridgehead atoms. The Morgan fingerprint density at radius 1 is 0.968 bits per heavy atom. The number of aromatic nitrogens is 1. The van der Waals surface area contributed by atoms with Crippen LogP contribution in [-0.4, -0.2) is 4.57 Å². The Morgan fingerprint density at radius 3 is 2.35 bits per heavy atom. The number of nitrogens with zero attached hydrogens (tertiary/aromatic N) is 2. The number of benzene rings is 3. The maximum atomic E-state index is 13.6. The second-order valence-corrected chi connectivity index (χ2v) is 8.48. The molecule has 1 heterocycles. The summed E-state index contributed by atoms with van der Waals surface area (Å²) in [5, 5.41) is 10.7. The lowest BCUT2D eigenvalue weighted by molar-refractivity contribution is 0.310. The highest BCUT2D eigenvalue weighted by atomic mass is 19.1. The van der Waals surface area contributed by atoms with Gasteiger partial charge in [-0.25, -0.2) is 4.39 Å². The summed E-state index contributed by atoms with van der Waals surface area (Å²) < 4.78 is 22.0. The summed E-state index contributed by atoms with van der Waals surface area (Å²) >= 11 is 0. The van der Waals surface area contributed by atoms with Gasteiger partial charge in [0.05, 0.1) is 17.0 Å². The topological polar surface area (TPSA) is 38.0 Å². The van der Waals surface area contributed by atoms with Gasteiger partial charge in [-0.3, -0.25) is 0 Å². The van der Waals surface area contributed by atoms with E-state index in [2.05, 4.69) is 17.6 Å². The van der Waals surface area contributed by atoms with E-state index >= 15 is 0 Å². The van der Waals surface area contributed by atoms with Gasteiger partial charge < -0.3 is 9.30 Å². The van der Waals surface area contributed by atoms with E-state index in [-0.39, 0.29) is 5.82 Å². The standard InChI is InChI=1S/C27H25FN2O/c1-19-24(16-27(2,3)18-29)30(22-14-12-21(28)13-15-22)23-10-7-11-25(26(19)23)31-17-20-8-5-4-6-9-20/h4-15H,16-17H2,1-3H3. The van der Waals surface area contributed by atoms with Crippen LogP contribution in [0.1, 0.15) is 30.7 Å². The molecule has 0 unspecified atom stereocenters. The van der Waals surface area contributed by atoms with Crippen molar-refractivity contribution in [2.75, 3.05) is 0 Å². The lowest BCUT2D eigenvalue weighted by atomic mass is 9.88. The van der Waals surface area contributed by atoms with Crippen molar-refractivity contribution in [3.05, 3.63) is 95.4 Å². The quantitative estimate of drug-likeness (QED) is 0.351. The highest BCUT2D eigenvalue weighted by Gasteiger charge is 2.25. The molecule has 0 N–H and O–H groups in total. The van der Waals surface area contributed by atoms with Crippen molar-refractivity contribution in [2.45, 2.75) is 33.8 Å². The third-order valence-electron chi connectivity index (χ3n) is 5.56. The van der Waals surface area contributed by atoms with Gasteiger partial charge in [0.1, 0.15) is 18.2 Å². The van der Waals surface area contributed by atoms with Crippen LogP contribution in [0.2, 0.25) is 0 Å². The van der Waals surface area contributed by atoms with Crippen molar-refractivity contribution < 1.29 is 9.13 Å². The van der Waals surface area contributed by atoms with Crippen LogP contribution < -0.4 is 4.74 Å². The van der Waals surface area contributed by atoms with E-state index in [4.69, 9.17) is 4.74 Å². The third-order valence-corrected chi connectivity index (χ3v) is 5.56. The normalized spacial score (nSPS) is 11.5.